The number of hydrogen-bond donors (Lipinski definition) is 4. The Balaban J connectivity index is 1.65. The van der Waals surface area contributed by atoms with E-state index in [0.717, 1.165) is 19.3 Å². The molecule has 0 saturated heterocycles. The number of aromatic nitrogens is 3. The molecule has 2 aliphatic carbocycles. The number of H-pyrrole nitrogens is 1. The van der Waals surface area contributed by atoms with Crippen LogP contribution in [-0.2, 0) is 0 Å². The number of aliphatic hydroxyl groups is 2. The number of amides is 1. The van der Waals surface area contributed by atoms with E-state index in [1.54, 1.807) is 12.3 Å². The highest BCUT2D eigenvalue weighted by Crippen LogP contribution is 2.61. The third-order valence-corrected chi connectivity index (χ3v) is 5.57. The zero-order chi connectivity index (χ0) is 15.4. The van der Waals surface area contributed by atoms with Gasteiger partial charge in [0.1, 0.15) is 17.7 Å². The first-order valence-corrected chi connectivity index (χ1v) is 7.51. The Morgan fingerprint density at radius 3 is 2.91 bits per heavy atom. The Kier molecular flexibility index (Phi) is 2.79. The monoisotopic (exact) mass is 302 g/mol. The fourth-order valence-electron chi connectivity index (χ4n) is 4.05. The molecule has 4 rings (SSSR count). The van der Waals surface area contributed by atoms with Gasteiger partial charge in [0.2, 0.25) is 0 Å². The summed E-state index contributed by atoms with van der Waals surface area (Å²) in [7, 11) is 0. The third-order valence-electron chi connectivity index (χ3n) is 5.57. The lowest BCUT2D eigenvalue weighted by atomic mass is 9.44. The van der Waals surface area contributed by atoms with E-state index in [0.29, 0.717) is 17.5 Å². The van der Waals surface area contributed by atoms with Gasteiger partial charge < -0.3 is 20.5 Å². The molecular weight excluding hydrogens is 284 g/mol. The van der Waals surface area contributed by atoms with E-state index in [1.165, 1.54) is 6.33 Å². The van der Waals surface area contributed by atoms with Crippen LogP contribution in [0.2, 0.25) is 0 Å². The molecule has 2 aromatic rings. The summed E-state index contributed by atoms with van der Waals surface area (Å²) in [6.07, 6.45) is 5.66. The number of aliphatic hydroxyl groups excluding tert-OH is 2. The first-order valence-electron chi connectivity index (χ1n) is 7.51. The van der Waals surface area contributed by atoms with Crippen LogP contribution in [-0.4, -0.2) is 49.3 Å². The number of hydrogen-bond acceptors (Lipinski definition) is 5. The molecule has 2 aliphatic rings. The van der Waals surface area contributed by atoms with E-state index in [1.807, 2.05) is 0 Å². The van der Waals surface area contributed by atoms with E-state index < -0.39 is 11.6 Å². The van der Waals surface area contributed by atoms with Crippen molar-refractivity contribution in [1.29, 1.82) is 0 Å². The second-order valence-corrected chi connectivity index (χ2v) is 6.39. The molecular formula is C15H18N4O3. The van der Waals surface area contributed by atoms with Crippen LogP contribution in [0, 0.1) is 5.41 Å². The van der Waals surface area contributed by atoms with Crippen molar-refractivity contribution < 1.29 is 15.0 Å². The van der Waals surface area contributed by atoms with Gasteiger partial charge in [-0.25, -0.2) is 9.97 Å². The molecule has 0 aromatic carbocycles. The number of carbonyl (C=O) groups is 1. The number of nitrogens with one attached hydrogen (secondary N) is 2. The standard InChI is InChI=1S/C15H18N4O3/c20-7-15(6-10(21)14(15)3-1-4-14)19-13(22)11-9-2-5-16-12(9)18-8-17-11/h2,5,8,10,20-21H,1,3-4,6-7H2,(H,19,22)(H,16,17,18)/t10-,15-/m1/s1. The molecule has 0 bridgehead atoms. The van der Waals surface area contributed by atoms with Crippen molar-refractivity contribution >= 4 is 16.9 Å². The average molecular weight is 302 g/mol. The Morgan fingerprint density at radius 1 is 1.45 bits per heavy atom. The van der Waals surface area contributed by atoms with Crippen molar-refractivity contribution in [3.8, 4) is 0 Å². The molecule has 2 saturated carbocycles. The van der Waals surface area contributed by atoms with Crippen LogP contribution in [0.5, 0.6) is 0 Å². The summed E-state index contributed by atoms with van der Waals surface area (Å²) in [5, 5.41) is 23.6. The molecule has 4 N–H and O–H groups in total. The van der Waals surface area contributed by atoms with Crippen molar-refractivity contribution in [3.05, 3.63) is 24.3 Å². The summed E-state index contributed by atoms with van der Waals surface area (Å²) in [5.41, 5.74) is -0.225. The number of nitrogens with zero attached hydrogens (tertiary/aromatic N) is 2. The Hall–Kier alpha value is -1.99. The molecule has 116 valence electrons. The van der Waals surface area contributed by atoms with Gasteiger partial charge >= 0.3 is 0 Å². The highest BCUT2D eigenvalue weighted by atomic mass is 16.3. The summed E-state index contributed by atoms with van der Waals surface area (Å²) in [4.78, 5) is 23.7. The summed E-state index contributed by atoms with van der Waals surface area (Å²) in [6.45, 7) is -0.169. The van der Waals surface area contributed by atoms with Crippen molar-refractivity contribution in [2.75, 3.05) is 6.61 Å². The molecule has 2 fully saturated rings. The Morgan fingerprint density at radius 2 is 2.27 bits per heavy atom. The lowest BCUT2D eigenvalue weighted by Crippen LogP contribution is -2.78. The predicted molar refractivity (Wildman–Crippen MR) is 78.1 cm³/mol. The van der Waals surface area contributed by atoms with E-state index in [-0.39, 0.29) is 23.6 Å². The van der Waals surface area contributed by atoms with E-state index in [9.17, 15) is 15.0 Å². The lowest BCUT2D eigenvalue weighted by Gasteiger charge is -2.66. The molecule has 0 unspecified atom stereocenters. The fraction of sp³-hybridized carbons (Fsp3) is 0.533. The molecule has 0 aliphatic heterocycles. The van der Waals surface area contributed by atoms with Gasteiger partial charge in [0.25, 0.3) is 5.91 Å². The van der Waals surface area contributed by atoms with Crippen LogP contribution < -0.4 is 5.32 Å². The van der Waals surface area contributed by atoms with Crippen molar-refractivity contribution in [2.45, 2.75) is 37.3 Å². The van der Waals surface area contributed by atoms with E-state index >= 15 is 0 Å². The van der Waals surface area contributed by atoms with Crippen LogP contribution in [0.3, 0.4) is 0 Å². The second kappa shape index (κ2) is 4.50. The van der Waals surface area contributed by atoms with Gasteiger partial charge in [0.15, 0.2) is 0 Å². The number of carbonyl (C=O) groups excluding carboxylic acids is 1. The van der Waals surface area contributed by atoms with Crippen molar-refractivity contribution in [3.63, 3.8) is 0 Å². The molecule has 22 heavy (non-hydrogen) atoms. The van der Waals surface area contributed by atoms with Gasteiger partial charge in [-0.15, -0.1) is 0 Å². The van der Waals surface area contributed by atoms with Crippen LogP contribution in [0.4, 0.5) is 0 Å². The minimum Gasteiger partial charge on any atom is -0.394 e. The first-order chi connectivity index (χ1) is 10.6. The van der Waals surface area contributed by atoms with Gasteiger partial charge in [-0.05, 0) is 25.3 Å². The van der Waals surface area contributed by atoms with Crippen molar-refractivity contribution in [1.82, 2.24) is 20.3 Å². The first kappa shape index (κ1) is 13.7. The summed E-state index contributed by atoms with van der Waals surface area (Å²) in [6, 6.07) is 1.75. The number of fused-ring (bicyclic) bond motifs is 1. The van der Waals surface area contributed by atoms with Gasteiger partial charge in [-0.3, -0.25) is 4.79 Å². The maximum Gasteiger partial charge on any atom is 0.271 e. The largest absolute Gasteiger partial charge is 0.394 e. The maximum atomic E-state index is 12.7. The quantitative estimate of drug-likeness (QED) is 0.654. The molecule has 7 nitrogen and oxygen atoms in total. The minimum atomic E-state index is -0.741. The third kappa shape index (κ3) is 1.55. The maximum absolute atomic E-state index is 12.7. The van der Waals surface area contributed by atoms with Crippen molar-refractivity contribution in [2.24, 2.45) is 5.41 Å². The second-order valence-electron chi connectivity index (χ2n) is 6.39. The zero-order valence-electron chi connectivity index (χ0n) is 12.0. The topological polar surface area (TPSA) is 111 Å². The molecule has 7 heteroatoms. The molecule has 2 aromatic heterocycles. The van der Waals surface area contributed by atoms with Crippen LogP contribution in [0.25, 0.3) is 11.0 Å². The molecule has 1 amide bonds. The minimum absolute atomic E-state index is 0.169. The Bertz CT molecular complexity index is 739. The van der Waals surface area contributed by atoms with Crippen LogP contribution in [0.1, 0.15) is 36.2 Å². The molecule has 2 atom stereocenters. The normalized spacial score (nSPS) is 29.1. The van der Waals surface area contributed by atoms with Gasteiger partial charge in [-0.2, -0.15) is 0 Å². The smallest absolute Gasteiger partial charge is 0.271 e. The number of rotatable bonds is 3. The lowest BCUT2D eigenvalue weighted by molar-refractivity contribution is -0.206. The van der Waals surface area contributed by atoms with Gasteiger partial charge in [-0.1, -0.05) is 6.42 Å². The molecule has 0 radical (unpaired) electrons. The molecule has 1 spiro atoms. The SMILES string of the molecule is O=C(N[C@@]1(CO)C[C@@H](O)C12CCC2)c1ncnc2[nH]ccc12. The summed E-state index contributed by atoms with van der Waals surface area (Å²) >= 11 is 0. The highest BCUT2D eigenvalue weighted by molar-refractivity contribution is 6.04. The van der Waals surface area contributed by atoms with Gasteiger partial charge in [0, 0.05) is 11.6 Å². The highest BCUT2D eigenvalue weighted by Gasteiger charge is 2.67. The number of aromatic amines is 1. The Labute approximate surface area is 126 Å². The van der Waals surface area contributed by atoms with Crippen LogP contribution >= 0.6 is 0 Å². The average Bonchev–Trinajstić information content (AvgIpc) is 2.92. The summed E-state index contributed by atoms with van der Waals surface area (Å²) in [5.74, 6) is -0.334. The van der Waals surface area contributed by atoms with E-state index in [2.05, 4.69) is 20.3 Å². The summed E-state index contributed by atoms with van der Waals surface area (Å²) < 4.78 is 0. The fourth-order valence-corrected chi connectivity index (χ4v) is 4.05. The van der Waals surface area contributed by atoms with E-state index in [4.69, 9.17) is 0 Å². The zero-order valence-corrected chi connectivity index (χ0v) is 12.0. The van der Waals surface area contributed by atoms with Gasteiger partial charge in [0.05, 0.1) is 23.6 Å². The van der Waals surface area contributed by atoms with Crippen LogP contribution in [0.15, 0.2) is 18.6 Å². The predicted octanol–water partition coefficient (Wildman–Crippen LogP) is 0.354. The molecule has 2 heterocycles.